The molecule has 0 radical (unpaired) electrons. The van der Waals surface area contributed by atoms with Crippen molar-refractivity contribution in [2.75, 3.05) is 0 Å². The molecular weight excluding hydrogens is 242 g/mol. The van der Waals surface area contributed by atoms with Crippen LogP contribution in [0.25, 0.3) is 23.3 Å². The van der Waals surface area contributed by atoms with Gasteiger partial charge in [0.1, 0.15) is 0 Å². The maximum atomic E-state index is 4.43. The van der Waals surface area contributed by atoms with Crippen LogP contribution in [0.5, 0.6) is 0 Å². The summed E-state index contributed by atoms with van der Waals surface area (Å²) in [7, 11) is 0. The van der Waals surface area contributed by atoms with Crippen LogP contribution in [0, 0.1) is 6.92 Å². The molecule has 2 rings (SSSR count). The van der Waals surface area contributed by atoms with Gasteiger partial charge in [0.15, 0.2) is 0 Å². The van der Waals surface area contributed by atoms with Crippen LogP contribution in [0.2, 0.25) is 0 Å². The van der Waals surface area contributed by atoms with E-state index in [-0.39, 0.29) is 0 Å². The molecule has 0 fully saturated rings. The standard InChI is InChI=1S/C19H21N/c1-5-14(3)13-19-15(4)20-12-11-18(19)17-9-7-16(6-2)8-10-17/h6-13H,2,5H2,1,3-4H3/b14-13+. The molecule has 0 atom stereocenters. The predicted molar refractivity (Wildman–Crippen MR) is 88.4 cm³/mol. The van der Waals surface area contributed by atoms with E-state index in [4.69, 9.17) is 0 Å². The minimum absolute atomic E-state index is 1.06. The molecule has 2 aromatic rings. The fourth-order valence-electron chi connectivity index (χ4n) is 2.16. The molecule has 0 unspecified atom stereocenters. The molecule has 1 heterocycles. The number of allylic oxidation sites excluding steroid dienone is 1. The minimum Gasteiger partial charge on any atom is -0.261 e. The second-order valence-corrected chi connectivity index (χ2v) is 5.03. The molecule has 0 saturated heterocycles. The van der Waals surface area contributed by atoms with Crippen LogP contribution in [0.3, 0.4) is 0 Å². The quantitative estimate of drug-likeness (QED) is 0.708. The minimum atomic E-state index is 1.06. The molecule has 0 aliphatic rings. The Morgan fingerprint density at radius 2 is 1.90 bits per heavy atom. The summed E-state index contributed by atoms with van der Waals surface area (Å²) in [4.78, 5) is 4.43. The van der Waals surface area contributed by atoms with Gasteiger partial charge in [-0.3, -0.25) is 4.98 Å². The van der Waals surface area contributed by atoms with Crippen LogP contribution in [0.15, 0.2) is 48.7 Å². The Balaban J connectivity index is 2.55. The lowest BCUT2D eigenvalue weighted by Crippen LogP contribution is -1.92. The second kappa shape index (κ2) is 6.33. The molecule has 20 heavy (non-hydrogen) atoms. The largest absolute Gasteiger partial charge is 0.261 e. The first-order chi connectivity index (χ1) is 9.65. The third-order valence-electron chi connectivity index (χ3n) is 3.60. The third-order valence-corrected chi connectivity index (χ3v) is 3.60. The summed E-state index contributed by atoms with van der Waals surface area (Å²) in [6, 6.07) is 10.6. The SMILES string of the molecule is C=Cc1ccc(-c2ccnc(C)c2/C=C(\C)CC)cc1. The highest BCUT2D eigenvalue weighted by Gasteiger charge is 2.07. The van der Waals surface area contributed by atoms with E-state index >= 15 is 0 Å². The Bertz CT molecular complexity index is 633. The monoisotopic (exact) mass is 263 g/mol. The van der Waals surface area contributed by atoms with Crippen molar-refractivity contribution in [3.63, 3.8) is 0 Å². The van der Waals surface area contributed by atoms with E-state index in [0.29, 0.717) is 0 Å². The number of rotatable bonds is 4. The number of pyridine rings is 1. The maximum absolute atomic E-state index is 4.43. The first kappa shape index (κ1) is 14.3. The van der Waals surface area contributed by atoms with E-state index in [1.54, 1.807) is 0 Å². The van der Waals surface area contributed by atoms with Crippen LogP contribution >= 0.6 is 0 Å². The van der Waals surface area contributed by atoms with Crippen molar-refractivity contribution in [1.29, 1.82) is 0 Å². The van der Waals surface area contributed by atoms with Crippen molar-refractivity contribution in [2.45, 2.75) is 27.2 Å². The van der Waals surface area contributed by atoms with E-state index in [0.717, 1.165) is 17.7 Å². The van der Waals surface area contributed by atoms with Gasteiger partial charge in [0.05, 0.1) is 0 Å². The molecule has 0 aliphatic carbocycles. The molecule has 1 nitrogen and oxygen atoms in total. The average Bonchev–Trinajstić information content (AvgIpc) is 2.49. The zero-order chi connectivity index (χ0) is 14.5. The van der Waals surface area contributed by atoms with Crippen molar-refractivity contribution >= 4 is 12.2 Å². The number of benzene rings is 1. The van der Waals surface area contributed by atoms with Gasteiger partial charge in [-0.05, 0) is 43.0 Å². The van der Waals surface area contributed by atoms with Gasteiger partial charge in [-0.1, -0.05) is 55.5 Å². The number of hydrogen-bond acceptors (Lipinski definition) is 1. The first-order valence-corrected chi connectivity index (χ1v) is 7.01. The van der Waals surface area contributed by atoms with Gasteiger partial charge in [-0.2, -0.15) is 0 Å². The van der Waals surface area contributed by atoms with E-state index in [9.17, 15) is 0 Å². The number of aryl methyl sites for hydroxylation is 1. The molecule has 1 heteroatoms. The van der Waals surface area contributed by atoms with Crippen molar-refractivity contribution in [2.24, 2.45) is 0 Å². The van der Waals surface area contributed by atoms with E-state index in [1.165, 1.54) is 22.3 Å². The summed E-state index contributed by atoms with van der Waals surface area (Å²) in [6.07, 6.45) is 7.05. The fraction of sp³-hybridized carbons (Fsp3) is 0.211. The Kier molecular flexibility index (Phi) is 4.52. The summed E-state index contributed by atoms with van der Waals surface area (Å²) in [5.74, 6) is 0. The van der Waals surface area contributed by atoms with Crippen molar-refractivity contribution in [3.8, 4) is 11.1 Å². The lowest BCUT2D eigenvalue weighted by atomic mass is 9.96. The van der Waals surface area contributed by atoms with Crippen LogP contribution in [-0.2, 0) is 0 Å². The van der Waals surface area contributed by atoms with Crippen LogP contribution in [0.4, 0.5) is 0 Å². The Morgan fingerprint density at radius 1 is 1.20 bits per heavy atom. The average molecular weight is 263 g/mol. The predicted octanol–water partition coefficient (Wildman–Crippen LogP) is 5.51. The van der Waals surface area contributed by atoms with Gasteiger partial charge in [0.2, 0.25) is 0 Å². The fourth-order valence-corrected chi connectivity index (χ4v) is 2.16. The molecule has 1 aromatic carbocycles. The lowest BCUT2D eigenvalue weighted by Gasteiger charge is -2.10. The molecule has 102 valence electrons. The summed E-state index contributed by atoms with van der Waals surface area (Å²) in [5, 5.41) is 0. The summed E-state index contributed by atoms with van der Waals surface area (Å²) in [6.45, 7) is 10.2. The molecule has 0 spiro atoms. The highest BCUT2D eigenvalue weighted by molar-refractivity contribution is 5.77. The lowest BCUT2D eigenvalue weighted by molar-refractivity contribution is 1.11. The zero-order valence-electron chi connectivity index (χ0n) is 12.5. The summed E-state index contributed by atoms with van der Waals surface area (Å²) in [5.41, 5.74) is 7.25. The second-order valence-electron chi connectivity index (χ2n) is 5.03. The first-order valence-electron chi connectivity index (χ1n) is 7.01. The molecule has 0 saturated carbocycles. The number of nitrogens with zero attached hydrogens (tertiary/aromatic N) is 1. The van der Waals surface area contributed by atoms with Gasteiger partial charge in [0, 0.05) is 17.5 Å². The Morgan fingerprint density at radius 3 is 2.50 bits per heavy atom. The maximum Gasteiger partial charge on any atom is 0.0451 e. The van der Waals surface area contributed by atoms with Gasteiger partial charge in [-0.25, -0.2) is 0 Å². The zero-order valence-corrected chi connectivity index (χ0v) is 12.5. The Hall–Kier alpha value is -2.15. The smallest absolute Gasteiger partial charge is 0.0451 e. The molecule has 0 amide bonds. The summed E-state index contributed by atoms with van der Waals surface area (Å²) < 4.78 is 0. The Labute approximate surface area is 121 Å². The van der Waals surface area contributed by atoms with Crippen LogP contribution in [0.1, 0.15) is 37.1 Å². The van der Waals surface area contributed by atoms with Gasteiger partial charge in [-0.15, -0.1) is 0 Å². The summed E-state index contributed by atoms with van der Waals surface area (Å²) >= 11 is 0. The number of hydrogen-bond donors (Lipinski definition) is 0. The highest BCUT2D eigenvalue weighted by atomic mass is 14.7. The van der Waals surface area contributed by atoms with Crippen molar-refractivity contribution in [1.82, 2.24) is 4.98 Å². The molecule has 0 N–H and O–H groups in total. The normalized spacial score (nSPS) is 11.4. The number of aromatic nitrogens is 1. The van der Waals surface area contributed by atoms with Gasteiger partial charge < -0.3 is 0 Å². The molecular formula is C19H21N. The molecule has 1 aromatic heterocycles. The molecule has 0 aliphatic heterocycles. The highest BCUT2D eigenvalue weighted by Crippen LogP contribution is 2.27. The van der Waals surface area contributed by atoms with Crippen LogP contribution in [-0.4, -0.2) is 4.98 Å². The van der Waals surface area contributed by atoms with E-state index in [1.807, 2.05) is 12.3 Å². The third kappa shape index (κ3) is 3.05. The molecule has 0 bridgehead atoms. The van der Waals surface area contributed by atoms with Gasteiger partial charge >= 0.3 is 0 Å². The van der Waals surface area contributed by atoms with Crippen LogP contribution < -0.4 is 0 Å². The van der Waals surface area contributed by atoms with Crippen molar-refractivity contribution in [3.05, 3.63) is 65.5 Å². The topological polar surface area (TPSA) is 12.9 Å². The van der Waals surface area contributed by atoms with Gasteiger partial charge in [0.25, 0.3) is 0 Å². The van der Waals surface area contributed by atoms with E-state index in [2.05, 4.69) is 68.7 Å². The van der Waals surface area contributed by atoms with Crippen molar-refractivity contribution < 1.29 is 0 Å². The van der Waals surface area contributed by atoms with E-state index < -0.39 is 0 Å².